The van der Waals surface area contributed by atoms with E-state index in [2.05, 4.69) is 27.8 Å². The molecule has 1 atom stereocenters. The highest BCUT2D eigenvalue weighted by Gasteiger charge is 2.12. The molecule has 0 radical (unpaired) electrons. The van der Waals surface area contributed by atoms with E-state index in [1.54, 1.807) is 0 Å². The molecule has 1 rings (SSSR count). The minimum Gasteiger partial charge on any atom is -0.388 e. The molecule has 0 amide bonds. The normalized spacial score (nSPS) is 13.1. The summed E-state index contributed by atoms with van der Waals surface area (Å²) in [6, 6.07) is 5.57. The molecule has 0 aliphatic carbocycles. The van der Waals surface area contributed by atoms with Crippen molar-refractivity contribution in [3.8, 4) is 0 Å². The van der Waals surface area contributed by atoms with Crippen molar-refractivity contribution in [3.63, 3.8) is 0 Å². The predicted molar refractivity (Wildman–Crippen MR) is 71.9 cm³/mol. The van der Waals surface area contributed by atoms with Crippen LogP contribution in [0.1, 0.15) is 25.0 Å². The Morgan fingerprint density at radius 2 is 2.19 bits per heavy atom. The molecule has 0 bridgehead atoms. The largest absolute Gasteiger partial charge is 0.388 e. The first-order valence-corrected chi connectivity index (χ1v) is 6.53. The third kappa shape index (κ3) is 4.06. The van der Waals surface area contributed by atoms with Crippen LogP contribution in [0.2, 0.25) is 5.02 Å². The van der Waals surface area contributed by atoms with E-state index in [4.69, 9.17) is 11.6 Å². The molecule has 1 aromatic rings. The smallest absolute Gasteiger partial charge is 0.0816 e. The summed E-state index contributed by atoms with van der Waals surface area (Å²) in [5, 5.41) is 10.6. The molecule has 1 unspecified atom stereocenters. The minimum absolute atomic E-state index is 0.491. The predicted octanol–water partition coefficient (Wildman–Crippen LogP) is 3.48. The van der Waals surface area contributed by atoms with Gasteiger partial charge in [-0.25, -0.2) is 0 Å². The van der Waals surface area contributed by atoms with Crippen molar-refractivity contribution >= 4 is 27.5 Å². The van der Waals surface area contributed by atoms with Gasteiger partial charge in [0, 0.05) is 16.0 Å². The van der Waals surface area contributed by atoms with Crippen molar-refractivity contribution in [1.82, 2.24) is 4.90 Å². The van der Waals surface area contributed by atoms with Crippen LogP contribution in [-0.4, -0.2) is 30.1 Å². The summed E-state index contributed by atoms with van der Waals surface area (Å²) in [5.74, 6) is 0. The highest BCUT2D eigenvalue weighted by molar-refractivity contribution is 9.10. The van der Waals surface area contributed by atoms with Gasteiger partial charge in [0.2, 0.25) is 0 Å². The van der Waals surface area contributed by atoms with Crippen LogP contribution in [0.25, 0.3) is 0 Å². The molecule has 0 aromatic heterocycles. The summed E-state index contributed by atoms with van der Waals surface area (Å²) in [4.78, 5) is 2.16. The molecule has 1 aromatic carbocycles. The highest BCUT2D eigenvalue weighted by Crippen LogP contribution is 2.28. The maximum atomic E-state index is 10.0. The Hall–Kier alpha value is -0.0900. The Bertz CT molecular complexity index is 346. The van der Waals surface area contributed by atoms with Crippen molar-refractivity contribution in [1.29, 1.82) is 0 Å². The number of nitrogens with zero attached hydrogens (tertiary/aromatic N) is 1. The van der Waals surface area contributed by atoms with E-state index in [0.29, 0.717) is 11.4 Å². The second-order valence-electron chi connectivity index (χ2n) is 3.87. The van der Waals surface area contributed by atoms with Crippen LogP contribution in [0, 0.1) is 0 Å². The zero-order valence-corrected chi connectivity index (χ0v) is 11.9. The van der Waals surface area contributed by atoms with E-state index in [1.807, 2.05) is 25.2 Å². The van der Waals surface area contributed by atoms with Gasteiger partial charge in [-0.1, -0.05) is 40.5 Å². The Kier molecular flexibility index (Phi) is 5.76. The summed E-state index contributed by atoms with van der Waals surface area (Å²) in [5.41, 5.74) is 0.800. The SMILES string of the molecule is CCN(C)CCC(O)c1ccc(Br)cc1Cl. The van der Waals surface area contributed by atoms with Crippen LogP contribution in [-0.2, 0) is 0 Å². The molecule has 0 saturated carbocycles. The standard InChI is InChI=1S/C12H17BrClNO/c1-3-15(2)7-6-12(16)10-5-4-9(13)8-11(10)14/h4-5,8,12,16H,3,6-7H2,1-2H3. The molecule has 0 spiro atoms. The lowest BCUT2D eigenvalue weighted by atomic mass is 10.1. The molecular formula is C12H17BrClNO. The van der Waals surface area contributed by atoms with Gasteiger partial charge in [-0.05, 0) is 37.7 Å². The minimum atomic E-state index is -0.491. The van der Waals surface area contributed by atoms with Crippen LogP contribution in [0.3, 0.4) is 0 Å². The topological polar surface area (TPSA) is 23.5 Å². The highest BCUT2D eigenvalue weighted by atomic mass is 79.9. The van der Waals surface area contributed by atoms with Gasteiger partial charge in [-0.15, -0.1) is 0 Å². The maximum absolute atomic E-state index is 10.0. The zero-order valence-electron chi connectivity index (χ0n) is 9.58. The number of aliphatic hydroxyl groups is 1. The molecule has 0 aliphatic rings. The number of benzene rings is 1. The molecule has 1 N–H and O–H groups in total. The monoisotopic (exact) mass is 305 g/mol. The molecule has 0 saturated heterocycles. The van der Waals surface area contributed by atoms with Crippen LogP contribution in [0.15, 0.2) is 22.7 Å². The number of rotatable bonds is 5. The summed E-state index contributed by atoms with van der Waals surface area (Å²) < 4.78 is 0.930. The maximum Gasteiger partial charge on any atom is 0.0816 e. The molecule has 90 valence electrons. The zero-order chi connectivity index (χ0) is 12.1. The quantitative estimate of drug-likeness (QED) is 0.900. The lowest BCUT2D eigenvalue weighted by Crippen LogP contribution is -2.20. The Balaban J connectivity index is 2.62. The Morgan fingerprint density at radius 3 is 2.75 bits per heavy atom. The summed E-state index contributed by atoms with van der Waals surface area (Å²) in [6.45, 7) is 3.95. The van der Waals surface area contributed by atoms with Gasteiger partial charge in [-0.2, -0.15) is 0 Å². The van der Waals surface area contributed by atoms with Gasteiger partial charge in [0.25, 0.3) is 0 Å². The summed E-state index contributed by atoms with van der Waals surface area (Å²) in [7, 11) is 2.04. The molecule has 2 nitrogen and oxygen atoms in total. The van der Waals surface area contributed by atoms with Gasteiger partial charge in [0.05, 0.1) is 6.10 Å². The third-order valence-corrected chi connectivity index (χ3v) is 3.47. The summed E-state index contributed by atoms with van der Waals surface area (Å²) in [6.07, 6.45) is 0.209. The van der Waals surface area contributed by atoms with Gasteiger partial charge < -0.3 is 10.0 Å². The van der Waals surface area contributed by atoms with Crippen molar-refractivity contribution in [2.24, 2.45) is 0 Å². The fourth-order valence-electron chi connectivity index (χ4n) is 1.43. The van der Waals surface area contributed by atoms with Crippen molar-refractivity contribution in [2.75, 3.05) is 20.1 Å². The average molecular weight is 307 g/mol. The second kappa shape index (κ2) is 6.60. The first-order chi connectivity index (χ1) is 7.54. The van der Waals surface area contributed by atoms with E-state index in [1.165, 1.54) is 0 Å². The molecule has 0 fully saturated rings. The summed E-state index contributed by atoms with van der Waals surface area (Å²) >= 11 is 9.41. The van der Waals surface area contributed by atoms with Gasteiger partial charge in [0.15, 0.2) is 0 Å². The van der Waals surface area contributed by atoms with Crippen molar-refractivity contribution < 1.29 is 5.11 Å². The van der Waals surface area contributed by atoms with Crippen LogP contribution < -0.4 is 0 Å². The number of halogens is 2. The first kappa shape index (κ1) is 14.0. The van der Waals surface area contributed by atoms with Crippen LogP contribution >= 0.6 is 27.5 Å². The van der Waals surface area contributed by atoms with E-state index in [9.17, 15) is 5.11 Å². The van der Waals surface area contributed by atoms with Crippen LogP contribution in [0.5, 0.6) is 0 Å². The molecule has 16 heavy (non-hydrogen) atoms. The Labute approximate surface area is 110 Å². The van der Waals surface area contributed by atoms with Crippen molar-refractivity contribution in [3.05, 3.63) is 33.3 Å². The molecule has 4 heteroatoms. The van der Waals surface area contributed by atoms with E-state index >= 15 is 0 Å². The van der Waals surface area contributed by atoms with E-state index in [-0.39, 0.29) is 0 Å². The fraction of sp³-hybridized carbons (Fsp3) is 0.500. The first-order valence-electron chi connectivity index (χ1n) is 5.36. The Morgan fingerprint density at radius 1 is 1.50 bits per heavy atom. The number of hydrogen-bond donors (Lipinski definition) is 1. The van der Waals surface area contributed by atoms with Gasteiger partial charge in [-0.3, -0.25) is 0 Å². The van der Waals surface area contributed by atoms with E-state index in [0.717, 1.165) is 23.1 Å². The average Bonchev–Trinajstić information content (AvgIpc) is 2.25. The molecule has 0 heterocycles. The third-order valence-electron chi connectivity index (χ3n) is 2.65. The lowest BCUT2D eigenvalue weighted by Gasteiger charge is -2.18. The number of aliphatic hydroxyl groups excluding tert-OH is 1. The molecule has 0 aliphatic heterocycles. The van der Waals surface area contributed by atoms with Crippen molar-refractivity contribution in [2.45, 2.75) is 19.4 Å². The molecular weight excluding hydrogens is 289 g/mol. The fourth-order valence-corrected chi connectivity index (χ4v) is 2.23. The van der Waals surface area contributed by atoms with Gasteiger partial charge in [0.1, 0.15) is 0 Å². The van der Waals surface area contributed by atoms with Crippen LogP contribution in [0.4, 0.5) is 0 Å². The number of hydrogen-bond acceptors (Lipinski definition) is 2. The second-order valence-corrected chi connectivity index (χ2v) is 5.19. The van der Waals surface area contributed by atoms with E-state index < -0.39 is 6.10 Å². The van der Waals surface area contributed by atoms with Gasteiger partial charge >= 0.3 is 0 Å². The lowest BCUT2D eigenvalue weighted by molar-refractivity contribution is 0.150.